The van der Waals surface area contributed by atoms with Gasteiger partial charge in [0.05, 0.1) is 0 Å². The Labute approximate surface area is 181 Å². The van der Waals surface area contributed by atoms with Gasteiger partial charge in [0.2, 0.25) is 0 Å². The molecule has 0 saturated heterocycles. The Morgan fingerprint density at radius 2 is 1.53 bits per heavy atom. The zero-order chi connectivity index (χ0) is 21.5. The van der Waals surface area contributed by atoms with Crippen molar-refractivity contribution in [3.63, 3.8) is 0 Å². The standard InChI is InChI=1S/C28H36O2/c1-14-16(3)26-22(25-18(5)27(30)17(4)15(2)24(14)25)9-10-23-21-8-7-20(29)13-19(21)11-12-28(23,26)6/h19,21-23H,7-13H2,1-6H3. The molecule has 5 unspecified atom stereocenters. The average Bonchev–Trinajstić information content (AvgIpc) is 2.72. The van der Waals surface area contributed by atoms with Crippen molar-refractivity contribution in [3.05, 3.63) is 44.6 Å². The molecule has 0 radical (unpaired) electrons. The van der Waals surface area contributed by atoms with Crippen molar-refractivity contribution in [2.75, 3.05) is 0 Å². The Kier molecular flexibility index (Phi) is 4.48. The molecule has 160 valence electrons. The fraction of sp³-hybridized carbons (Fsp3) is 0.643. The van der Waals surface area contributed by atoms with Crippen molar-refractivity contribution in [1.29, 1.82) is 0 Å². The topological polar surface area (TPSA) is 34.1 Å². The highest BCUT2D eigenvalue weighted by Crippen LogP contribution is 2.65. The summed E-state index contributed by atoms with van der Waals surface area (Å²) in [5.41, 5.74) is 10.6. The van der Waals surface area contributed by atoms with Crippen molar-refractivity contribution in [1.82, 2.24) is 0 Å². The van der Waals surface area contributed by atoms with Gasteiger partial charge in [0.15, 0.2) is 5.78 Å². The molecule has 0 aliphatic heterocycles. The van der Waals surface area contributed by atoms with Gasteiger partial charge < -0.3 is 0 Å². The number of carbonyl (C=O) groups is 2. The number of allylic oxidation sites excluding steroid dienone is 8. The van der Waals surface area contributed by atoms with Gasteiger partial charge in [-0.2, -0.15) is 0 Å². The van der Waals surface area contributed by atoms with Crippen molar-refractivity contribution >= 4 is 11.6 Å². The van der Waals surface area contributed by atoms with Crippen LogP contribution in [0.2, 0.25) is 0 Å². The highest BCUT2D eigenvalue weighted by molar-refractivity contribution is 6.11. The third-order valence-corrected chi connectivity index (χ3v) is 9.93. The van der Waals surface area contributed by atoms with Crippen LogP contribution in [0.15, 0.2) is 44.6 Å². The number of rotatable bonds is 0. The maximum atomic E-state index is 13.0. The Bertz CT molecular complexity index is 998. The highest BCUT2D eigenvalue weighted by Gasteiger charge is 2.55. The van der Waals surface area contributed by atoms with Crippen LogP contribution >= 0.6 is 0 Å². The molecule has 0 aromatic heterocycles. The Hall–Kier alpha value is -1.70. The predicted molar refractivity (Wildman–Crippen MR) is 121 cm³/mol. The van der Waals surface area contributed by atoms with E-state index in [2.05, 4.69) is 34.6 Å². The molecule has 2 heteroatoms. The molecule has 0 amide bonds. The number of fused-ring (bicyclic) bond motifs is 7. The first-order valence-corrected chi connectivity index (χ1v) is 12.0. The zero-order valence-corrected chi connectivity index (χ0v) is 19.6. The van der Waals surface area contributed by atoms with E-state index in [9.17, 15) is 9.59 Å². The summed E-state index contributed by atoms with van der Waals surface area (Å²) in [4.78, 5) is 25.2. The van der Waals surface area contributed by atoms with Crippen molar-refractivity contribution in [2.45, 2.75) is 86.5 Å². The minimum atomic E-state index is 0.210. The van der Waals surface area contributed by atoms with Crippen molar-refractivity contribution in [2.24, 2.45) is 29.1 Å². The molecule has 0 bridgehead atoms. The molecule has 5 aliphatic carbocycles. The Morgan fingerprint density at radius 3 is 2.27 bits per heavy atom. The SMILES string of the molecule is CC1=C(C)C2=C(C)C(C)=C3C(CCC4C5CCC(=O)CC5CCC34C)C2=C(C)C1=O. The number of Topliss-reactive ketones (excluding diaryl/α,β-unsaturated/α-hetero) is 2. The van der Waals surface area contributed by atoms with Gasteiger partial charge in [-0.3, -0.25) is 9.59 Å². The maximum absolute atomic E-state index is 13.0. The third-order valence-electron chi connectivity index (χ3n) is 9.93. The minimum Gasteiger partial charge on any atom is -0.300 e. The number of ketones is 2. The average molecular weight is 405 g/mol. The summed E-state index contributed by atoms with van der Waals surface area (Å²) in [6.45, 7) is 13.4. The summed E-state index contributed by atoms with van der Waals surface area (Å²) in [5.74, 6) is 3.16. The van der Waals surface area contributed by atoms with Crippen LogP contribution in [0.4, 0.5) is 0 Å². The van der Waals surface area contributed by atoms with E-state index >= 15 is 0 Å². The van der Waals surface area contributed by atoms with Crippen molar-refractivity contribution < 1.29 is 9.59 Å². The molecule has 0 aromatic rings. The van der Waals surface area contributed by atoms with E-state index in [1.54, 1.807) is 5.57 Å². The monoisotopic (exact) mass is 404 g/mol. The van der Waals surface area contributed by atoms with Crippen LogP contribution < -0.4 is 0 Å². The first-order chi connectivity index (χ1) is 14.2. The van der Waals surface area contributed by atoms with Crippen LogP contribution in [0.1, 0.15) is 86.5 Å². The first-order valence-electron chi connectivity index (χ1n) is 12.0. The number of hydrogen-bond acceptors (Lipinski definition) is 2. The van der Waals surface area contributed by atoms with Gasteiger partial charge in [0.25, 0.3) is 0 Å². The smallest absolute Gasteiger partial charge is 0.185 e. The third kappa shape index (κ3) is 2.49. The van der Waals surface area contributed by atoms with Gasteiger partial charge in [0, 0.05) is 29.9 Å². The fourth-order valence-corrected chi connectivity index (χ4v) is 8.29. The van der Waals surface area contributed by atoms with Gasteiger partial charge in [-0.25, -0.2) is 0 Å². The van der Waals surface area contributed by atoms with Gasteiger partial charge in [0.1, 0.15) is 5.78 Å². The van der Waals surface area contributed by atoms with E-state index in [0.29, 0.717) is 29.5 Å². The Balaban J connectivity index is 1.67. The molecule has 2 nitrogen and oxygen atoms in total. The summed E-state index contributed by atoms with van der Waals surface area (Å²) in [6.07, 6.45) is 7.51. The van der Waals surface area contributed by atoms with Crippen LogP contribution in [0.5, 0.6) is 0 Å². The second kappa shape index (κ2) is 6.65. The lowest BCUT2D eigenvalue weighted by Crippen LogP contribution is -2.50. The van der Waals surface area contributed by atoms with E-state index in [-0.39, 0.29) is 11.2 Å². The predicted octanol–water partition coefficient (Wildman–Crippen LogP) is 6.68. The lowest BCUT2D eigenvalue weighted by molar-refractivity contribution is -0.126. The zero-order valence-electron chi connectivity index (χ0n) is 19.6. The molecule has 3 saturated carbocycles. The first kappa shape index (κ1) is 20.2. The quantitative estimate of drug-likeness (QED) is 0.451. The molecular weight excluding hydrogens is 368 g/mol. The van der Waals surface area contributed by atoms with Gasteiger partial charge in [-0.15, -0.1) is 0 Å². The number of carbonyl (C=O) groups excluding carboxylic acids is 2. The molecule has 0 spiro atoms. The largest absolute Gasteiger partial charge is 0.300 e. The fourth-order valence-electron chi connectivity index (χ4n) is 8.29. The minimum absolute atomic E-state index is 0.210. The van der Waals surface area contributed by atoms with Crippen LogP contribution in [0.3, 0.4) is 0 Å². The lowest BCUT2D eigenvalue weighted by atomic mass is 9.46. The second-order valence-corrected chi connectivity index (χ2v) is 11.1. The molecule has 5 atom stereocenters. The molecular formula is C28H36O2. The van der Waals surface area contributed by atoms with Crippen molar-refractivity contribution in [3.8, 4) is 0 Å². The van der Waals surface area contributed by atoms with Gasteiger partial charge in [-0.05, 0) is 118 Å². The van der Waals surface area contributed by atoms with E-state index in [1.807, 2.05) is 6.92 Å². The molecule has 0 aromatic carbocycles. The Morgan fingerprint density at radius 1 is 0.800 bits per heavy atom. The highest BCUT2D eigenvalue weighted by atomic mass is 16.1. The molecule has 5 rings (SSSR count). The maximum Gasteiger partial charge on any atom is 0.185 e. The summed E-state index contributed by atoms with van der Waals surface area (Å²) in [6, 6.07) is 0. The summed E-state index contributed by atoms with van der Waals surface area (Å²) >= 11 is 0. The molecule has 3 fully saturated rings. The molecule has 0 N–H and O–H groups in total. The van der Waals surface area contributed by atoms with Gasteiger partial charge >= 0.3 is 0 Å². The lowest BCUT2D eigenvalue weighted by Gasteiger charge is -2.58. The second-order valence-electron chi connectivity index (χ2n) is 11.1. The molecule has 30 heavy (non-hydrogen) atoms. The van der Waals surface area contributed by atoms with E-state index < -0.39 is 0 Å². The molecule has 0 heterocycles. The van der Waals surface area contributed by atoms with Crippen LogP contribution in [0, 0.1) is 29.1 Å². The van der Waals surface area contributed by atoms with E-state index in [1.165, 1.54) is 47.1 Å². The van der Waals surface area contributed by atoms with Crippen LogP contribution in [-0.2, 0) is 9.59 Å². The van der Waals surface area contributed by atoms with E-state index in [0.717, 1.165) is 36.8 Å². The van der Waals surface area contributed by atoms with Crippen LogP contribution in [-0.4, -0.2) is 11.6 Å². The summed E-state index contributed by atoms with van der Waals surface area (Å²) in [7, 11) is 0. The van der Waals surface area contributed by atoms with E-state index in [4.69, 9.17) is 0 Å². The summed E-state index contributed by atoms with van der Waals surface area (Å²) in [5, 5.41) is 0. The molecule has 5 aliphatic rings. The van der Waals surface area contributed by atoms with Crippen LogP contribution in [0.25, 0.3) is 0 Å². The number of hydrogen-bond donors (Lipinski definition) is 0. The summed E-state index contributed by atoms with van der Waals surface area (Å²) < 4.78 is 0. The van der Waals surface area contributed by atoms with Gasteiger partial charge in [-0.1, -0.05) is 12.5 Å². The normalized spacial score (nSPS) is 39.1.